The minimum atomic E-state index is -0.114. The van der Waals surface area contributed by atoms with Gasteiger partial charge in [0.05, 0.1) is 11.8 Å². The molecule has 6 nitrogen and oxygen atoms in total. The highest BCUT2D eigenvalue weighted by molar-refractivity contribution is 5.99. The molecule has 25 heavy (non-hydrogen) atoms. The molecule has 0 radical (unpaired) electrons. The van der Waals surface area contributed by atoms with Crippen LogP contribution in [0.5, 0.6) is 0 Å². The largest absolute Gasteiger partial charge is 0.367 e. The molecule has 134 valence electrons. The Labute approximate surface area is 147 Å². The van der Waals surface area contributed by atoms with E-state index in [0.717, 1.165) is 63.1 Å². The van der Waals surface area contributed by atoms with Gasteiger partial charge < -0.3 is 20.3 Å². The number of benzene rings is 1. The van der Waals surface area contributed by atoms with Crippen molar-refractivity contribution in [2.45, 2.75) is 44.6 Å². The van der Waals surface area contributed by atoms with Crippen LogP contribution >= 0.6 is 0 Å². The molecule has 0 aromatic heterocycles. The second kappa shape index (κ2) is 7.14. The number of piperidine rings is 1. The maximum Gasteiger partial charge on any atom is 0.250 e. The molecule has 0 bridgehead atoms. The van der Waals surface area contributed by atoms with E-state index in [0.29, 0.717) is 6.42 Å². The molecule has 0 spiro atoms. The summed E-state index contributed by atoms with van der Waals surface area (Å²) in [6, 6.07) is 4.04. The van der Waals surface area contributed by atoms with Gasteiger partial charge in [0.15, 0.2) is 0 Å². The van der Waals surface area contributed by atoms with E-state index in [-0.39, 0.29) is 24.5 Å². The first-order valence-corrected chi connectivity index (χ1v) is 9.29. The predicted molar refractivity (Wildman–Crippen MR) is 95.9 cm³/mol. The summed E-state index contributed by atoms with van der Waals surface area (Å²) in [5.74, 6) is 0.108. The number of nitrogens with zero attached hydrogens (tertiary/aromatic N) is 1. The van der Waals surface area contributed by atoms with Crippen molar-refractivity contribution >= 4 is 23.2 Å². The fourth-order valence-corrected chi connectivity index (χ4v) is 4.08. The Hall–Kier alpha value is -1.92. The lowest BCUT2D eigenvalue weighted by atomic mass is 9.91. The highest BCUT2D eigenvalue weighted by atomic mass is 16.5. The van der Waals surface area contributed by atoms with Crippen LogP contribution in [0.4, 0.5) is 11.4 Å². The number of anilines is 2. The van der Waals surface area contributed by atoms with Gasteiger partial charge in [-0.15, -0.1) is 0 Å². The molecule has 1 aromatic carbocycles. The van der Waals surface area contributed by atoms with E-state index in [1.165, 1.54) is 11.1 Å². The number of rotatable bonds is 4. The van der Waals surface area contributed by atoms with Gasteiger partial charge in [-0.3, -0.25) is 9.59 Å². The SMILES string of the molecule is O=C(COC1CCCNC1)Nc1cc2c3c(c1)CCC(=O)N3CCC2. The topological polar surface area (TPSA) is 70.7 Å². The monoisotopic (exact) mass is 343 g/mol. The molecule has 4 rings (SSSR count). The summed E-state index contributed by atoms with van der Waals surface area (Å²) in [4.78, 5) is 26.3. The first-order chi connectivity index (χ1) is 12.2. The Morgan fingerprint density at radius 3 is 2.88 bits per heavy atom. The van der Waals surface area contributed by atoms with E-state index >= 15 is 0 Å². The number of ether oxygens (including phenoxy) is 1. The lowest BCUT2D eigenvalue weighted by molar-refractivity contribution is -0.123. The van der Waals surface area contributed by atoms with Crippen molar-refractivity contribution in [3.05, 3.63) is 23.3 Å². The molecule has 1 fully saturated rings. The summed E-state index contributed by atoms with van der Waals surface area (Å²) >= 11 is 0. The van der Waals surface area contributed by atoms with E-state index in [4.69, 9.17) is 4.74 Å². The zero-order valence-corrected chi connectivity index (χ0v) is 14.5. The smallest absolute Gasteiger partial charge is 0.250 e. The van der Waals surface area contributed by atoms with Gasteiger partial charge in [0.2, 0.25) is 11.8 Å². The van der Waals surface area contributed by atoms with Crippen LogP contribution in [-0.2, 0) is 27.2 Å². The van der Waals surface area contributed by atoms with Crippen LogP contribution in [0.15, 0.2) is 12.1 Å². The van der Waals surface area contributed by atoms with E-state index in [1.54, 1.807) is 0 Å². The second-order valence-corrected chi connectivity index (χ2v) is 7.12. The van der Waals surface area contributed by atoms with E-state index in [2.05, 4.69) is 10.6 Å². The molecule has 3 heterocycles. The van der Waals surface area contributed by atoms with Gasteiger partial charge >= 0.3 is 0 Å². The molecule has 6 heteroatoms. The van der Waals surface area contributed by atoms with Gasteiger partial charge in [-0.05, 0) is 61.9 Å². The third-order valence-corrected chi connectivity index (χ3v) is 5.26. The Bertz CT molecular complexity index is 665. The first-order valence-electron chi connectivity index (χ1n) is 9.29. The molecule has 2 amide bonds. The van der Waals surface area contributed by atoms with E-state index < -0.39 is 0 Å². The maximum atomic E-state index is 12.2. The quantitative estimate of drug-likeness (QED) is 0.872. The third kappa shape index (κ3) is 3.55. The number of amides is 2. The lowest BCUT2D eigenvalue weighted by Gasteiger charge is -2.35. The number of nitrogens with one attached hydrogen (secondary N) is 2. The van der Waals surface area contributed by atoms with Crippen molar-refractivity contribution < 1.29 is 14.3 Å². The van der Waals surface area contributed by atoms with E-state index in [9.17, 15) is 9.59 Å². The lowest BCUT2D eigenvalue weighted by Crippen LogP contribution is -2.39. The van der Waals surface area contributed by atoms with Crippen molar-refractivity contribution in [2.75, 3.05) is 36.5 Å². The first kappa shape index (κ1) is 16.5. The highest BCUT2D eigenvalue weighted by Crippen LogP contribution is 2.37. The fourth-order valence-electron chi connectivity index (χ4n) is 4.08. The standard InChI is InChI=1S/C19H25N3O3/c23-17(12-25-16-4-1-7-20-11-16)21-15-9-13-3-2-8-22-18(24)6-5-14(10-15)19(13)22/h9-10,16,20H,1-8,11-12H2,(H,21,23). The highest BCUT2D eigenvalue weighted by Gasteiger charge is 2.29. The average molecular weight is 343 g/mol. The Morgan fingerprint density at radius 2 is 2.08 bits per heavy atom. The third-order valence-electron chi connectivity index (χ3n) is 5.26. The van der Waals surface area contributed by atoms with Crippen molar-refractivity contribution in [3.63, 3.8) is 0 Å². The van der Waals surface area contributed by atoms with Crippen LogP contribution in [0.25, 0.3) is 0 Å². The molecular weight excluding hydrogens is 318 g/mol. The van der Waals surface area contributed by atoms with Crippen LogP contribution in [0.1, 0.15) is 36.8 Å². The molecule has 1 atom stereocenters. The summed E-state index contributed by atoms with van der Waals surface area (Å²) in [6.07, 6.45) is 5.48. The summed E-state index contributed by atoms with van der Waals surface area (Å²) in [5.41, 5.74) is 4.25. The second-order valence-electron chi connectivity index (χ2n) is 7.12. The van der Waals surface area contributed by atoms with Gasteiger partial charge in [0.25, 0.3) is 0 Å². The van der Waals surface area contributed by atoms with Crippen molar-refractivity contribution in [2.24, 2.45) is 0 Å². The molecule has 2 N–H and O–H groups in total. The van der Waals surface area contributed by atoms with Crippen LogP contribution in [0, 0.1) is 0 Å². The number of aryl methyl sites for hydroxylation is 2. The summed E-state index contributed by atoms with van der Waals surface area (Å²) < 4.78 is 5.70. The number of carbonyl (C=O) groups is 2. The molecule has 0 saturated carbocycles. The summed E-state index contributed by atoms with van der Waals surface area (Å²) in [6.45, 7) is 2.75. The van der Waals surface area contributed by atoms with Crippen LogP contribution in [0.3, 0.4) is 0 Å². The molecule has 3 aliphatic rings. The molecular formula is C19H25N3O3. The van der Waals surface area contributed by atoms with Crippen molar-refractivity contribution in [1.82, 2.24) is 5.32 Å². The van der Waals surface area contributed by atoms with Crippen molar-refractivity contribution in [1.29, 1.82) is 0 Å². The van der Waals surface area contributed by atoms with Gasteiger partial charge in [0.1, 0.15) is 6.61 Å². The predicted octanol–water partition coefficient (Wildman–Crippen LogP) is 1.62. The number of hydrogen-bond donors (Lipinski definition) is 2. The van der Waals surface area contributed by atoms with Gasteiger partial charge in [-0.2, -0.15) is 0 Å². The van der Waals surface area contributed by atoms with Gasteiger partial charge in [-0.1, -0.05) is 0 Å². The average Bonchev–Trinajstić information content (AvgIpc) is 2.64. The van der Waals surface area contributed by atoms with Gasteiger partial charge in [-0.25, -0.2) is 0 Å². The number of carbonyl (C=O) groups excluding carboxylic acids is 2. The Kier molecular flexibility index (Phi) is 4.72. The maximum absolute atomic E-state index is 12.2. The zero-order chi connectivity index (χ0) is 17.2. The summed E-state index contributed by atoms with van der Waals surface area (Å²) in [5, 5.41) is 6.25. The summed E-state index contributed by atoms with van der Waals surface area (Å²) in [7, 11) is 0. The van der Waals surface area contributed by atoms with Gasteiger partial charge in [0, 0.05) is 25.2 Å². The molecule has 0 aliphatic carbocycles. The fraction of sp³-hybridized carbons (Fsp3) is 0.579. The Balaban J connectivity index is 1.43. The molecule has 1 saturated heterocycles. The Morgan fingerprint density at radius 1 is 1.24 bits per heavy atom. The molecule has 1 unspecified atom stereocenters. The van der Waals surface area contributed by atoms with Crippen LogP contribution in [0.2, 0.25) is 0 Å². The van der Waals surface area contributed by atoms with Crippen LogP contribution in [-0.4, -0.2) is 44.2 Å². The molecule has 1 aromatic rings. The minimum absolute atomic E-state index is 0.0867. The van der Waals surface area contributed by atoms with Crippen molar-refractivity contribution in [3.8, 4) is 0 Å². The van der Waals surface area contributed by atoms with E-state index in [1.807, 2.05) is 17.0 Å². The molecule has 3 aliphatic heterocycles. The number of hydrogen-bond acceptors (Lipinski definition) is 4. The zero-order valence-electron chi connectivity index (χ0n) is 14.5. The minimum Gasteiger partial charge on any atom is -0.367 e. The normalized spacial score (nSPS) is 22.5. The van der Waals surface area contributed by atoms with Crippen LogP contribution < -0.4 is 15.5 Å².